The molecule has 3 atom stereocenters. The molecule has 0 spiro atoms. The van der Waals surface area contributed by atoms with Crippen LogP contribution >= 0.6 is 0 Å². The van der Waals surface area contributed by atoms with E-state index in [1.165, 1.54) is 7.11 Å². The molecule has 2 aromatic heterocycles. The molecule has 8 rings (SSSR count). The zero-order valence-electron chi connectivity index (χ0n) is 36.1. The van der Waals surface area contributed by atoms with Crippen molar-refractivity contribution in [3.63, 3.8) is 0 Å². The molecule has 0 bridgehead atoms. The molecule has 5 aromatic rings. The van der Waals surface area contributed by atoms with Crippen molar-refractivity contribution in [3.8, 4) is 33.6 Å². The fraction of sp³-hybridized carbons (Fsp3) is 0.417. The second-order valence-electron chi connectivity index (χ2n) is 17.9. The summed E-state index contributed by atoms with van der Waals surface area (Å²) in [5.74, 6) is 1.41. The molecule has 0 unspecified atom stereocenters. The van der Waals surface area contributed by atoms with Crippen molar-refractivity contribution in [2.24, 2.45) is 5.41 Å². The van der Waals surface area contributed by atoms with Gasteiger partial charge in [0.1, 0.15) is 23.3 Å². The normalized spacial score (nSPS) is 19.3. The van der Waals surface area contributed by atoms with Gasteiger partial charge in [0.05, 0.1) is 43.0 Å². The molecule has 0 radical (unpaired) electrons. The molecule has 3 fully saturated rings. The minimum Gasteiger partial charge on any atom is -0.453 e. The summed E-state index contributed by atoms with van der Waals surface area (Å²) in [4.78, 5) is 74.8. The Labute approximate surface area is 362 Å². The number of methoxy groups -OCH3 is 1. The number of rotatable bonds is 9. The highest BCUT2D eigenvalue weighted by atomic mass is 16.6. The molecule has 62 heavy (non-hydrogen) atoms. The molecule has 3 aliphatic heterocycles. The molecular formula is C48H56N8O6. The van der Waals surface area contributed by atoms with Gasteiger partial charge in [0.25, 0.3) is 5.91 Å². The van der Waals surface area contributed by atoms with Gasteiger partial charge >= 0.3 is 12.2 Å². The summed E-state index contributed by atoms with van der Waals surface area (Å²) in [6, 6.07) is 24.6. The van der Waals surface area contributed by atoms with Crippen LogP contribution in [0.1, 0.15) is 102 Å². The van der Waals surface area contributed by atoms with E-state index in [0.717, 1.165) is 65.1 Å². The van der Waals surface area contributed by atoms with Gasteiger partial charge in [0, 0.05) is 31.6 Å². The van der Waals surface area contributed by atoms with Crippen LogP contribution in [0.4, 0.5) is 9.59 Å². The predicted octanol–water partition coefficient (Wildman–Crippen LogP) is 8.60. The second-order valence-corrected chi connectivity index (χ2v) is 17.9. The Morgan fingerprint density at radius 2 is 1.23 bits per heavy atom. The molecule has 14 heteroatoms. The summed E-state index contributed by atoms with van der Waals surface area (Å²) in [6.45, 7) is 9.84. The summed E-state index contributed by atoms with van der Waals surface area (Å²) >= 11 is 0. The Morgan fingerprint density at radius 3 is 1.74 bits per heavy atom. The smallest absolute Gasteiger partial charge is 0.410 e. The third kappa shape index (κ3) is 8.95. The molecule has 3 aromatic carbocycles. The molecule has 4 amide bonds. The highest BCUT2D eigenvalue weighted by molar-refractivity contribution is 5.87. The number of amides is 4. The molecular weight excluding hydrogens is 785 g/mol. The first-order valence-electron chi connectivity index (χ1n) is 21.6. The number of aromatic amines is 2. The van der Waals surface area contributed by atoms with Crippen molar-refractivity contribution in [1.29, 1.82) is 0 Å². The van der Waals surface area contributed by atoms with E-state index in [1.807, 2.05) is 69.1 Å². The maximum Gasteiger partial charge on any atom is 0.410 e. The average molecular weight is 841 g/mol. The predicted molar refractivity (Wildman–Crippen MR) is 234 cm³/mol. The minimum absolute atomic E-state index is 0.123. The quantitative estimate of drug-likeness (QED) is 0.133. The van der Waals surface area contributed by atoms with Gasteiger partial charge in [0.2, 0.25) is 5.91 Å². The third-order valence-electron chi connectivity index (χ3n) is 12.5. The molecule has 0 saturated carbocycles. The Hall–Kier alpha value is -6.44. The SMILES string of the molecule is COC(=O)N[C@@H](C(=O)N1CCC[C@H]1c1ncc(-c2ccc(-c3ccc(-c4cnc([C@@H]5CCCN5C(=O)C5(C)CCN(C(=O)OC(C)(C)C)CC5)[nH]4)cc3)cc2)[nH]1)c1ccccc1. The minimum atomic E-state index is -0.879. The lowest BCUT2D eigenvalue weighted by molar-refractivity contribution is -0.145. The van der Waals surface area contributed by atoms with E-state index >= 15 is 0 Å². The maximum absolute atomic E-state index is 14.1. The van der Waals surface area contributed by atoms with Crippen LogP contribution in [0.15, 0.2) is 91.3 Å². The third-order valence-corrected chi connectivity index (χ3v) is 12.5. The highest BCUT2D eigenvalue weighted by Crippen LogP contribution is 2.40. The number of carbonyl (C=O) groups excluding carboxylic acids is 4. The van der Waals surface area contributed by atoms with E-state index in [9.17, 15) is 19.2 Å². The van der Waals surface area contributed by atoms with Crippen molar-refractivity contribution in [1.82, 2.24) is 40.0 Å². The van der Waals surface area contributed by atoms with Gasteiger partial charge in [-0.25, -0.2) is 19.6 Å². The summed E-state index contributed by atoms with van der Waals surface area (Å²) in [7, 11) is 1.28. The van der Waals surface area contributed by atoms with E-state index in [2.05, 4.69) is 63.8 Å². The van der Waals surface area contributed by atoms with E-state index in [4.69, 9.17) is 19.4 Å². The van der Waals surface area contributed by atoms with Crippen molar-refractivity contribution < 1.29 is 28.7 Å². The zero-order chi connectivity index (χ0) is 43.6. The topological polar surface area (TPSA) is 166 Å². The molecule has 3 saturated heterocycles. The van der Waals surface area contributed by atoms with E-state index in [-0.39, 0.29) is 30.0 Å². The molecule has 0 aliphatic carbocycles. The van der Waals surface area contributed by atoms with Crippen LogP contribution in [0.2, 0.25) is 0 Å². The number of H-pyrrole nitrogens is 2. The van der Waals surface area contributed by atoms with Gasteiger partial charge in [-0.2, -0.15) is 0 Å². The number of piperidine rings is 1. The number of carbonyl (C=O) groups is 4. The first kappa shape index (κ1) is 42.3. The van der Waals surface area contributed by atoms with Crippen LogP contribution < -0.4 is 5.32 Å². The first-order chi connectivity index (χ1) is 29.8. The van der Waals surface area contributed by atoms with E-state index in [1.54, 1.807) is 16.0 Å². The lowest BCUT2D eigenvalue weighted by atomic mass is 9.79. The fourth-order valence-corrected chi connectivity index (χ4v) is 8.94. The zero-order valence-corrected chi connectivity index (χ0v) is 36.1. The Morgan fingerprint density at radius 1 is 0.726 bits per heavy atom. The number of hydrogen-bond acceptors (Lipinski definition) is 8. The summed E-state index contributed by atoms with van der Waals surface area (Å²) < 4.78 is 10.4. The first-order valence-corrected chi connectivity index (χ1v) is 21.6. The number of imidazole rings is 2. The second kappa shape index (κ2) is 17.5. The largest absolute Gasteiger partial charge is 0.453 e. The van der Waals surface area contributed by atoms with Crippen LogP contribution in [0, 0.1) is 5.41 Å². The number of likely N-dealkylation sites (tertiary alicyclic amines) is 3. The molecule has 3 N–H and O–H groups in total. The highest BCUT2D eigenvalue weighted by Gasteiger charge is 2.45. The van der Waals surface area contributed by atoms with Crippen molar-refractivity contribution in [2.45, 2.75) is 89.9 Å². The number of aromatic nitrogens is 4. The van der Waals surface area contributed by atoms with Gasteiger partial charge in [-0.05, 0) is 87.1 Å². The van der Waals surface area contributed by atoms with Crippen LogP contribution in [0.25, 0.3) is 33.6 Å². The number of benzene rings is 3. The lowest BCUT2D eigenvalue weighted by Crippen LogP contribution is -2.50. The molecule has 5 heterocycles. The van der Waals surface area contributed by atoms with Crippen molar-refractivity contribution in [2.75, 3.05) is 33.3 Å². The van der Waals surface area contributed by atoms with Gasteiger partial charge in [-0.1, -0.05) is 85.8 Å². The average Bonchev–Trinajstić information content (AvgIpc) is 4.13. The summed E-state index contributed by atoms with van der Waals surface area (Å²) in [5, 5.41) is 2.72. The van der Waals surface area contributed by atoms with Crippen molar-refractivity contribution in [3.05, 3.63) is 108 Å². The van der Waals surface area contributed by atoms with Crippen molar-refractivity contribution >= 4 is 24.0 Å². The number of alkyl carbamates (subject to hydrolysis) is 1. The van der Waals surface area contributed by atoms with E-state index < -0.39 is 23.2 Å². The van der Waals surface area contributed by atoms with Gasteiger partial charge in [-0.15, -0.1) is 0 Å². The molecule has 324 valence electrons. The van der Waals surface area contributed by atoms with Crippen LogP contribution in [0.3, 0.4) is 0 Å². The Balaban J connectivity index is 0.894. The number of ether oxygens (including phenoxy) is 2. The number of hydrogen-bond donors (Lipinski definition) is 3. The van der Waals surface area contributed by atoms with Crippen LogP contribution in [-0.4, -0.2) is 97.5 Å². The Bertz CT molecular complexity index is 2380. The van der Waals surface area contributed by atoms with Gasteiger partial charge in [-0.3, -0.25) is 9.59 Å². The molecule has 3 aliphatic rings. The monoisotopic (exact) mass is 840 g/mol. The van der Waals surface area contributed by atoms with Crippen LogP contribution in [-0.2, 0) is 19.1 Å². The van der Waals surface area contributed by atoms with Gasteiger partial charge < -0.3 is 39.5 Å². The Kier molecular flexibility index (Phi) is 11.9. The summed E-state index contributed by atoms with van der Waals surface area (Å²) in [5.41, 5.74) is 5.42. The van der Waals surface area contributed by atoms with Crippen LogP contribution in [0.5, 0.6) is 0 Å². The molecule has 14 nitrogen and oxygen atoms in total. The van der Waals surface area contributed by atoms with E-state index in [0.29, 0.717) is 50.4 Å². The maximum atomic E-state index is 14.1. The van der Waals surface area contributed by atoms with Gasteiger partial charge in [0.15, 0.2) is 0 Å². The number of nitrogens with zero attached hydrogens (tertiary/aromatic N) is 5. The fourth-order valence-electron chi connectivity index (χ4n) is 8.94. The lowest BCUT2D eigenvalue weighted by Gasteiger charge is -2.41. The number of nitrogens with one attached hydrogen (secondary N) is 3. The summed E-state index contributed by atoms with van der Waals surface area (Å²) in [6.07, 6.45) is 7.18. The standard InChI is InChI=1S/C48H56N8O6/c1-47(2,3)62-46(60)54-27-23-48(4,24-28-54)44(58)56-26-10-14-39(56)42-50-30-37(52-42)34-21-17-32(18-22-34)31-15-19-33(20-16-31)36-29-49-41(51-36)38-13-9-25-55(38)43(57)40(53-45(59)61-5)35-11-7-6-8-12-35/h6-8,11-12,15-22,29-30,38-40H,9-10,13-14,23-28H2,1-5H3,(H,49,51)(H,50,52)(H,53,59)/t38-,39-,40+/m0/s1.